The lowest BCUT2D eigenvalue weighted by molar-refractivity contribution is 0.0730. The van der Waals surface area contributed by atoms with Gasteiger partial charge in [0.1, 0.15) is 11.6 Å². The van der Waals surface area contributed by atoms with Crippen molar-refractivity contribution in [2.24, 2.45) is 0 Å². The molecule has 5 heteroatoms. The van der Waals surface area contributed by atoms with Gasteiger partial charge in [-0.3, -0.25) is 0 Å². The van der Waals surface area contributed by atoms with Gasteiger partial charge in [-0.25, -0.2) is 9.18 Å². The van der Waals surface area contributed by atoms with Gasteiger partial charge >= 0.3 is 5.97 Å². The molecule has 0 saturated heterocycles. The van der Waals surface area contributed by atoms with Crippen molar-refractivity contribution < 1.29 is 13.9 Å². The first-order valence-electron chi connectivity index (χ1n) is 4.99. The van der Waals surface area contributed by atoms with E-state index in [9.17, 15) is 9.18 Å². The van der Waals surface area contributed by atoms with Crippen LogP contribution in [0.1, 0.15) is 10.4 Å². The first-order chi connectivity index (χ1) is 8.56. The lowest BCUT2D eigenvalue weighted by Gasteiger charge is -2.06. The van der Waals surface area contributed by atoms with E-state index in [1.807, 2.05) is 0 Å². The molecule has 0 radical (unpaired) electrons. The molecule has 18 heavy (non-hydrogen) atoms. The number of halogens is 3. The van der Waals surface area contributed by atoms with Crippen molar-refractivity contribution in [1.82, 2.24) is 0 Å². The quantitative estimate of drug-likeness (QED) is 0.605. The van der Waals surface area contributed by atoms with Crippen LogP contribution in [0.25, 0.3) is 0 Å². The van der Waals surface area contributed by atoms with Crippen LogP contribution in [0.2, 0.25) is 10.0 Å². The molecular weight excluding hydrogens is 278 g/mol. The van der Waals surface area contributed by atoms with Gasteiger partial charge in [-0.15, -0.1) is 0 Å². The van der Waals surface area contributed by atoms with Crippen LogP contribution in [0.15, 0.2) is 42.5 Å². The molecular formula is C13H7Cl2FO2. The van der Waals surface area contributed by atoms with Crippen LogP contribution >= 0.6 is 23.2 Å². The number of rotatable bonds is 2. The first kappa shape index (κ1) is 12.9. The zero-order chi connectivity index (χ0) is 13.1. The molecule has 0 atom stereocenters. The number of esters is 1. The molecule has 0 saturated carbocycles. The summed E-state index contributed by atoms with van der Waals surface area (Å²) in [4.78, 5) is 11.7. The Kier molecular flexibility index (Phi) is 3.84. The van der Waals surface area contributed by atoms with Gasteiger partial charge in [0.15, 0.2) is 0 Å². The summed E-state index contributed by atoms with van der Waals surface area (Å²) in [6.07, 6.45) is 0. The second-order valence-corrected chi connectivity index (χ2v) is 4.35. The van der Waals surface area contributed by atoms with Crippen LogP contribution < -0.4 is 4.74 Å². The van der Waals surface area contributed by atoms with Crippen LogP contribution in [0.5, 0.6) is 5.75 Å². The van der Waals surface area contributed by atoms with Gasteiger partial charge in [-0.1, -0.05) is 35.3 Å². The van der Waals surface area contributed by atoms with E-state index in [2.05, 4.69) is 0 Å². The molecule has 0 spiro atoms. The second kappa shape index (κ2) is 5.38. The van der Waals surface area contributed by atoms with Crippen molar-refractivity contribution in [3.05, 3.63) is 63.9 Å². The van der Waals surface area contributed by atoms with Crippen molar-refractivity contribution >= 4 is 29.2 Å². The highest BCUT2D eigenvalue weighted by Crippen LogP contribution is 2.25. The maximum absolute atomic E-state index is 13.3. The minimum atomic E-state index is -0.800. The SMILES string of the molecule is O=C(Oc1cc(Cl)cc(Cl)c1)c1ccccc1F. The molecule has 0 unspecified atom stereocenters. The zero-order valence-electron chi connectivity index (χ0n) is 8.99. The Hall–Kier alpha value is -1.58. The van der Waals surface area contributed by atoms with E-state index in [-0.39, 0.29) is 11.3 Å². The summed E-state index contributed by atoms with van der Waals surface area (Å²) in [5, 5.41) is 0.665. The first-order valence-corrected chi connectivity index (χ1v) is 5.74. The highest BCUT2D eigenvalue weighted by Gasteiger charge is 2.13. The number of carbonyl (C=O) groups is 1. The van der Waals surface area contributed by atoms with Crippen molar-refractivity contribution in [3.8, 4) is 5.75 Å². The third kappa shape index (κ3) is 3.00. The van der Waals surface area contributed by atoms with Crippen LogP contribution in [-0.2, 0) is 0 Å². The predicted octanol–water partition coefficient (Wildman–Crippen LogP) is 4.35. The van der Waals surface area contributed by atoms with E-state index in [0.29, 0.717) is 10.0 Å². The van der Waals surface area contributed by atoms with Gasteiger partial charge < -0.3 is 4.74 Å². The number of benzene rings is 2. The summed E-state index contributed by atoms with van der Waals surface area (Å²) >= 11 is 11.5. The molecule has 0 amide bonds. The van der Waals surface area contributed by atoms with Gasteiger partial charge in [0.05, 0.1) is 5.56 Å². The Bertz CT molecular complexity index is 579. The third-order valence-electron chi connectivity index (χ3n) is 2.14. The third-order valence-corrected chi connectivity index (χ3v) is 2.58. The molecule has 0 aliphatic carbocycles. The predicted molar refractivity (Wildman–Crippen MR) is 67.8 cm³/mol. The lowest BCUT2D eigenvalue weighted by atomic mass is 10.2. The zero-order valence-corrected chi connectivity index (χ0v) is 10.5. The maximum atomic E-state index is 13.3. The standard InChI is InChI=1S/C13H7Cl2FO2/c14-8-5-9(15)7-10(6-8)18-13(17)11-3-1-2-4-12(11)16/h1-7H. The lowest BCUT2D eigenvalue weighted by Crippen LogP contribution is -2.10. The number of carbonyl (C=O) groups excluding carboxylic acids is 1. The topological polar surface area (TPSA) is 26.3 Å². The average Bonchev–Trinajstić information content (AvgIpc) is 2.27. The molecule has 2 aromatic carbocycles. The molecule has 0 bridgehead atoms. The smallest absolute Gasteiger partial charge is 0.346 e. The van der Waals surface area contributed by atoms with Crippen LogP contribution in [0.3, 0.4) is 0 Å². The number of hydrogen-bond acceptors (Lipinski definition) is 2. The van der Waals surface area contributed by atoms with Crippen LogP contribution in [0, 0.1) is 5.82 Å². The number of hydrogen-bond donors (Lipinski definition) is 0. The summed E-state index contributed by atoms with van der Waals surface area (Å²) in [6, 6.07) is 9.90. The molecule has 0 fully saturated rings. The van der Waals surface area contributed by atoms with E-state index in [4.69, 9.17) is 27.9 Å². The van der Waals surface area contributed by atoms with E-state index in [1.165, 1.54) is 36.4 Å². The molecule has 2 rings (SSSR count). The largest absolute Gasteiger partial charge is 0.423 e. The molecule has 92 valence electrons. The minimum absolute atomic E-state index is 0.145. The van der Waals surface area contributed by atoms with Gasteiger partial charge in [-0.05, 0) is 30.3 Å². The molecule has 0 aliphatic rings. The van der Waals surface area contributed by atoms with Gasteiger partial charge in [0.25, 0.3) is 0 Å². The Morgan fingerprint density at radius 3 is 2.28 bits per heavy atom. The fourth-order valence-corrected chi connectivity index (χ4v) is 1.88. The van der Waals surface area contributed by atoms with Gasteiger partial charge in [0, 0.05) is 10.0 Å². The van der Waals surface area contributed by atoms with Gasteiger partial charge in [0.2, 0.25) is 0 Å². The molecule has 2 nitrogen and oxygen atoms in total. The molecule has 2 aromatic rings. The Morgan fingerprint density at radius 1 is 1.06 bits per heavy atom. The van der Waals surface area contributed by atoms with Crippen LogP contribution in [0.4, 0.5) is 4.39 Å². The van der Waals surface area contributed by atoms with E-state index in [1.54, 1.807) is 6.07 Å². The number of ether oxygens (including phenoxy) is 1. The van der Waals surface area contributed by atoms with E-state index >= 15 is 0 Å². The summed E-state index contributed by atoms with van der Waals surface area (Å²) in [5.74, 6) is -1.28. The van der Waals surface area contributed by atoms with Crippen molar-refractivity contribution in [2.75, 3.05) is 0 Å². The second-order valence-electron chi connectivity index (χ2n) is 3.47. The average molecular weight is 285 g/mol. The summed E-state index contributed by atoms with van der Waals surface area (Å²) in [7, 11) is 0. The Morgan fingerprint density at radius 2 is 1.67 bits per heavy atom. The van der Waals surface area contributed by atoms with Crippen molar-refractivity contribution in [2.45, 2.75) is 0 Å². The molecule has 0 aliphatic heterocycles. The van der Waals surface area contributed by atoms with E-state index in [0.717, 1.165) is 0 Å². The van der Waals surface area contributed by atoms with Crippen molar-refractivity contribution in [1.29, 1.82) is 0 Å². The van der Waals surface area contributed by atoms with Crippen LogP contribution in [-0.4, -0.2) is 5.97 Å². The summed E-state index contributed by atoms with van der Waals surface area (Å²) in [5.41, 5.74) is -0.145. The fraction of sp³-hybridized carbons (Fsp3) is 0. The normalized spacial score (nSPS) is 10.2. The van der Waals surface area contributed by atoms with Crippen molar-refractivity contribution in [3.63, 3.8) is 0 Å². The molecule has 0 heterocycles. The highest BCUT2D eigenvalue weighted by atomic mass is 35.5. The fourth-order valence-electron chi connectivity index (χ4n) is 1.38. The monoisotopic (exact) mass is 284 g/mol. The maximum Gasteiger partial charge on any atom is 0.346 e. The Labute approximate surface area is 113 Å². The summed E-state index contributed by atoms with van der Waals surface area (Å²) < 4.78 is 18.3. The Balaban J connectivity index is 2.24. The van der Waals surface area contributed by atoms with E-state index < -0.39 is 11.8 Å². The summed E-state index contributed by atoms with van der Waals surface area (Å²) in [6.45, 7) is 0. The molecule has 0 aromatic heterocycles. The molecule has 0 N–H and O–H groups in total. The highest BCUT2D eigenvalue weighted by molar-refractivity contribution is 6.34. The van der Waals surface area contributed by atoms with Gasteiger partial charge in [-0.2, -0.15) is 0 Å². The minimum Gasteiger partial charge on any atom is -0.423 e.